The summed E-state index contributed by atoms with van der Waals surface area (Å²) in [4.78, 5) is 11.4. The molecule has 2 heterocycles. The lowest BCUT2D eigenvalue weighted by molar-refractivity contribution is -0.342. The molecule has 2 aliphatic rings. The number of rotatable bonds is 9. The summed E-state index contributed by atoms with van der Waals surface area (Å²) in [7, 11) is 0. The molecule has 32 heavy (non-hydrogen) atoms. The van der Waals surface area contributed by atoms with Gasteiger partial charge in [-0.15, -0.1) is 0 Å². The SMILES string of the molecule is C[C@H](O)[C@H](O)[C@@H](O)[C@H](C=O)O[C@@H]1O[C@H](CO)[C@@H](O)[C@H](O[C@@H]2O[C@@H](C)[C@H](O)[C@@H](O)[C@H]2O)[C@H]1N. The molecule has 14 nitrogen and oxygen atoms in total. The number of aldehydes is 1. The van der Waals surface area contributed by atoms with Crippen LogP contribution in [0.4, 0.5) is 0 Å². The minimum absolute atomic E-state index is 0.147. The van der Waals surface area contributed by atoms with E-state index in [4.69, 9.17) is 24.7 Å². The van der Waals surface area contributed by atoms with E-state index in [2.05, 4.69) is 0 Å². The van der Waals surface area contributed by atoms with Crippen molar-refractivity contribution in [1.82, 2.24) is 0 Å². The van der Waals surface area contributed by atoms with E-state index in [1.807, 2.05) is 0 Å². The maximum atomic E-state index is 11.4. The largest absolute Gasteiger partial charge is 0.394 e. The molecule has 0 bridgehead atoms. The Bertz CT molecular complexity index is 597. The zero-order valence-electron chi connectivity index (χ0n) is 17.6. The van der Waals surface area contributed by atoms with Crippen molar-refractivity contribution in [3.63, 3.8) is 0 Å². The quantitative estimate of drug-likeness (QED) is 0.142. The van der Waals surface area contributed by atoms with Gasteiger partial charge in [0.2, 0.25) is 0 Å². The summed E-state index contributed by atoms with van der Waals surface area (Å²) in [6.07, 6.45) is -19.6. The van der Waals surface area contributed by atoms with Crippen molar-refractivity contribution in [2.45, 2.75) is 99.6 Å². The van der Waals surface area contributed by atoms with Crippen molar-refractivity contribution in [3.05, 3.63) is 0 Å². The van der Waals surface area contributed by atoms with Crippen molar-refractivity contribution < 1.29 is 64.6 Å². The highest BCUT2D eigenvalue weighted by Crippen LogP contribution is 2.29. The fraction of sp³-hybridized carbons (Fsp3) is 0.944. The van der Waals surface area contributed by atoms with E-state index in [9.17, 15) is 45.6 Å². The number of aliphatic hydroxyl groups is 8. The second-order valence-corrected chi connectivity index (χ2v) is 8.03. The standard InChI is InChI=1S/C18H33NO13/c1-5(22)10(23)12(25)7(3-20)30-17-9(19)16(13(26)8(4-21)31-17)32-18-15(28)14(27)11(24)6(2)29-18/h3,5-18,21-28H,4,19H2,1-2H3/t5-,6-,7-,8+,9+,10-,11-,12-,13+,14+,15+,16+,17+,18-/m0/s1. The van der Waals surface area contributed by atoms with Crippen molar-refractivity contribution in [3.8, 4) is 0 Å². The number of carbonyl (C=O) groups excluding carboxylic acids is 1. The lowest BCUT2D eigenvalue weighted by Crippen LogP contribution is -2.67. The highest BCUT2D eigenvalue weighted by atomic mass is 16.7. The molecule has 0 saturated carbocycles. The Kier molecular flexibility index (Phi) is 9.87. The Morgan fingerprint density at radius 3 is 2.12 bits per heavy atom. The maximum Gasteiger partial charge on any atom is 0.187 e. The summed E-state index contributed by atoms with van der Waals surface area (Å²) < 4.78 is 21.6. The van der Waals surface area contributed by atoms with Crippen LogP contribution < -0.4 is 5.73 Å². The Morgan fingerprint density at radius 2 is 1.59 bits per heavy atom. The summed E-state index contributed by atoms with van der Waals surface area (Å²) in [5, 5.41) is 79.2. The molecular formula is C18H33NO13. The van der Waals surface area contributed by atoms with E-state index in [-0.39, 0.29) is 6.29 Å². The highest BCUT2D eigenvalue weighted by Gasteiger charge is 2.50. The molecule has 0 aromatic heterocycles. The van der Waals surface area contributed by atoms with E-state index in [0.717, 1.165) is 0 Å². The molecule has 0 amide bonds. The normalized spacial score (nSPS) is 44.5. The first-order chi connectivity index (χ1) is 14.9. The lowest BCUT2D eigenvalue weighted by Gasteiger charge is -2.46. The first kappa shape index (κ1) is 27.4. The van der Waals surface area contributed by atoms with E-state index in [1.165, 1.54) is 13.8 Å². The molecule has 0 aliphatic carbocycles. The van der Waals surface area contributed by atoms with Gasteiger partial charge in [-0.25, -0.2) is 0 Å². The van der Waals surface area contributed by atoms with E-state index < -0.39 is 92.4 Å². The van der Waals surface area contributed by atoms with Gasteiger partial charge in [-0.05, 0) is 13.8 Å². The molecule has 0 aromatic carbocycles. The third-order valence-electron chi connectivity index (χ3n) is 5.61. The van der Waals surface area contributed by atoms with Gasteiger partial charge in [0.25, 0.3) is 0 Å². The van der Waals surface area contributed by atoms with Crippen molar-refractivity contribution >= 4 is 6.29 Å². The van der Waals surface area contributed by atoms with Crippen LogP contribution in [0, 0.1) is 0 Å². The predicted molar refractivity (Wildman–Crippen MR) is 102 cm³/mol. The number of carbonyl (C=O) groups is 1. The average Bonchev–Trinajstić information content (AvgIpc) is 2.76. The van der Waals surface area contributed by atoms with Crippen LogP contribution in [0.1, 0.15) is 13.8 Å². The summed E-state index contributed by atoms with van der Waals surface area (Å²) in [6, 6.07) is -1.37. The molecular weight excluding hydrogens is 438 g/mol. The van der Waals surface area contributed by atoms with Crippen LogP contribution in [-0.4, -0.2) is 140 Å². The smallest absolute Gasteiger partial charge is 0.187 e. The van der Waals surface area contributed by atoms with Crippen LogP contribution in [-0.2, 0) is 23.7 Å². The molecule has 2 aliphatic heterocycles. The molecule has 2 saturated heterocycles. The monoisotopic (exact) mass is 471 g/mol. The fourth-order valence-electron chi connectivity index (χ4n) is 3.49. The van der Waals surface area contributed by atoms with Crippen molar-refractivity contribution in [2.75, 3.05) is 6.61 Å². The van der Waals surface area contributed by atoms with Gasteiger partial charge in [-0.3, -0.25) is 0 Å². The Labute approximate surface area is 183 Å². The molecule has 0 unspecified atom stereocenters. The van der Waals surface area contributed by atoms with Crippen LogP contribution in [0.5, 0.6) is 0 Å². The molecule has 188 valence electrons. The van der Waals surface area contributed by atoms with Gasteiger partial charge in [-0.2, -0.15) is 0 Å². The van der Waals surface area contributed by atoms with E-state index >= 15 is 0 Å². The Balaban J connectivity index is 2.18. The van der Waals surface area contributed by atoms with Crippen LogP contribution in [0.2, 0.25) is 0 Å². The second kappa shape index (κ2) is 11.5. The second-order valence-electron chi connectivity index (χ2n) is 8.03. The Hall–Kier alpha value is -0.850. The van der Waals surface area contributed by atoms with E-state index in [0.29, 0.717) is 0 Å². The number of ether oxygens (including phenoxy) is 4. The van der Waals surface area contributed by atoms with Gasteiger partial charge in [0.15, 0.2) is 18.9 Å². The summed E-state index contributed by atoms with van der Waals surface area (Å²) in [5.41, 5.74) is 6.05. The predicted octanol–water partition coefficient (Wildman–Crippen LogP) is -5.71. The van der Waals surface area contributed by atoms with Crippen molar-refractivity contribution in [2.24, 2.45) is 5.73 Å². The minimum Gasteiger partial charge on any atom is -0.394 e. The van der Waals surface area contributed by atoms with Gasteiger partial charge in [0, 0.05) is 0 Å². The highest BCUT2D eigenvalue weighted by molar-refractivity contribution is 5.57. The first-order valence-electron chi connectivity index (χ1n) is 10.1. The topological polar surface area (TPSA) is 242 Å². The zero-order chi connectivity index (χ0) is 24.3. The molecule has 0 aromatic rings. The van der Waals surface area contributed by atoms with E-state index in [1.54, 1.807) is 0 Å². The van der Waals surface area contributed by atoms with Crippen LogP contribution in [0.25, 0.3) is 0 Å². The van der Waals surface area contributed by atoms with Gasteiger partial charge in [0.05, 0.1) is 24.9 Å². The number of nitrogens with two attached hydrogens (primary N) is 1. The average molecular weight is 471 g/mol. The molecule has 2 rings (SSSR count). The molecule has 0 radical (unpaired) electrons. The van der Waals surface area contributed by atoms with Crippen LogP contribution in [0.3, 0.4) is 0 Å². The van der Waals surface area contributed by atoms with Gasteiger partial charge in [-0.1, -0.05) is 0 Å². The molecule has 0 spiro atoms. The lowest BCUT2D eigenvalue weighted by atomic mass is 9.96. The summed E-state index contributed by atoms with van der Waals surface area (Å²) in [5.74, 6) is 0. The molecule has 10 N–H and O–H groups in total. The van der Waals surface area contributed by atoms with Gasteiger partial charge in [0.1, 0.15) is 54.9 Å². The van der Waals surface area contributed by atoms with Gasteiger partial charge >= 0.3 is 0 Å². The minimum atomic E-state index is -1.86. The summed E-state index contributed by atoms with van der Waals surface area (Å²) >= 11 is 0. The maximum absolute atomic E-state index is 11.4. The zero-order valence-corrected chi connectivity index (χ0v) is 17.6. The first-order valence-corrected chi connectivity index (χ1v) is 10.1. The third kappa shape index (κ3) is 5.79. The number of aliphatic hydroxyl groups excluding tert-OH is 8. The molecule has 14 atom stereocenters. The van der Waals surface area contributed by atoms with Crippen LogP contribution >= 0.6 is 0 Å². The Morgan fingerprint density at radius 1 is 0.969 bits per heavy atom. The molecule has 2 fully saturated rings. The molecule has 14 heteroatoms. The number of hydrogen-bond acceptors (Lipinski definition) is 14. The summed E-state index contributed by atoms with van der Waals surface area (Å²) in [6.45, 7) is 1.87. The fourth-order valence-corrected chi connectivity index (χ4v) is 3.49. The van der Waals surface area contributed by atoms with Crippen molar-refractivity contribution in [1.29, 1.82) is 0 Å². The van der Waals surface area contributed by atoms with Crippen LogP contribution in [0.15, 0.2) is 0 Å². The number of hydrogen-bond donors (Lipinski definition) is 9. The van der Waals surface area contributed by atoms with Gasteiger partial charge < -0.3 is 70.3 Å². The third-order valence-corrected chi connectivity index (χ3v) is 5.61.